The molecular weight excluding hydrogens is 384 g/mol. The summed E-state index contributed by atoms with van der Waals surface area (Å²) in [5.41, 5.74) is 4.95. The Kier molecular flexibility index (Phi) is 6.08. The Morgan fingerprint density at radius 1 is 1.39 bits per heavy atom. The van der Waals surface area contributed by atoms with Crippen LogP contribution in [0.4, 0.5) is 5.95 Å². The largest absolute Gasteiger partial charge is 0.317 e. The standard InChI is InChI=1S/C16H24N8O3S/c1-9-18-12(25)10-4-3-5-11(10)13(26)24(9)6-7-28-8-16(2,17)14(27)19-15-20-22-23-21-15/h10-11H,3-8,17H2,1-2H3,(H2,19,20,21,22,23,27)/t10?,11?,16-/m0/s1. The number of amidine groups is 1. The molecule has 0 saturated heterocycles. The van der Waals surface area contributed by atoms with Crippen LogP contribution in [-0.4, -0.2) is 72.7 Å². The SMILES string of the molecule is CC1=NC(=O)C2CCCC2C(=O)N1CCSC[C@](C)(N)C(=O)Nc1nn[nH]n1. The molecule has 0 radical (unpaired) electrons. The zero-order chi connectivity index (χ0) is 20.3. The van der Waals surface area contributed by atoms with E-state index in [1.54, 1.807) is 18.7 Å². The first-order chi connectivity index (χ1) is 13.3. The summed E-state index contributed by atoms with van der Waals surface area (Å²) in [5, 5.41) is 15.4. The van der Waals surface area contributed by atoms with E-state index < -0.39 is 11.4 Å². The normalized spacial score (nSPS) is 24.4. The lowest BCUT2D eigenvalue weighted by Gasteiger charge is -2.25. The van der Waals surface area contributed by atoms with Crippen molar-refractivity contribution in [1.29, 1.82) is 0 Å². The highest BCUT2D eigenvalue weighted by Crippen LogP contribution is 2.35. The second-order valence-electron chi connectivity index (χ2n) is 7.29. The fourth-order valence-corrected chi connectivity index (χ4v) is 4.46. The van der Waals surface area contributed by atoms with E-state index in [-0.39, 0.29) is 29.6 Å². The quantitative estimate of drug-likeness (QED) is 0.523. The van der Waals surface area contributed by atoms with Gasteiger partial charge in [-0.15, -0.1) is 5.10 Å². The number of carbonyl (C=O) groups is 3. The van der Waals surface area contributed by atoms with Crippen LogP contribution in [0.5, 0.6) is 0 Å². The summed E-state index contributed by atoms with van der Waals surface area (Å²) in [5.74, 6) is 0.216. The van der Waals surface area contributed by atoms with E-state index in [4.69, 9.17) is 5.73 Å². The van der Waals surface area contributed by atoms with Crippen LogP contribution in [0, 0.1) is 11.8 Å². The van der Waals surface area contributed by atoms with Crippen molar-refractivity contribution in [2.24, 2.45) is 22.6 Å². The highest BCUT2D eigenvalue weighted by molar-refractivity contribution is 7.99. The van der Waals surface area contributed by atoms with E-state index in [0.717, 1.165) is 19.3 Å². The van der Waals surface area contributed by atoms with Crippen LogP contribution in [-0.2, 0) is 14.4 Å². The Labute approximate surface area is 166 Å². The molecule has 1 aliphatic heterocycles. The average molecular weight is 408 g/mol. The minimum Gasteiger partial charge on any atom is -0.317 e. The number of rotatable bonds is 7. The number of nitrogens with one attached hydrogen (secondary N) is 2. The predicted molar refractivity (Wildman–Crippen MR) is 103 cm³/mol. The van der Waals surface area contributed by atoms with Gasteiger partial charge < -0.3 is 5.73 Å². The number of nitrogens with zero attached hydrogens (tertiary/aromatic N) is 5. The molecule has 1 aliphatic carbocycles. The molecule has 0 bridgehead atoms. The fraction of sp³-hybridized carbons (Fsp3) is 0.688. The Bertz CT molecular complexity index is 779. The van der Waals surface area contributed by atoms with Crippen LogP contribution < -0.4 is 11.1 Å². The average Bonchev–Trinajstić information content (AvgIpc) is 3.30. The zero-order valence-electron chi connectivity index (χ0n) is 15.8. The smallest absolute Gasteiger partial charge is 0.269 e. The third kappa shape index (κ3) is 4.38. The highest BCUT2D eigenvalue weighted by atomic mass is 32.2. The van der Waals surface area contributed by atoms with E-state index >= 15 is 0 Å². The van der Waals surface area contributed by atoms with Gasteiger partial charge in [0, 0.05) is 18.1 Å². The summed E-state index contributed by atoms with van der Waals surface area (Å²) in [6.07, 6.45) is 2.35. The Hall–Kier alpha value is -2.34. The maximum Gasteiger partial charge on any atom is 0.269 e. The first-order valence-corrected chi connectivity index (χ1v) is 10.3. The zero-order valence-corrected chi connectivity index (χ0v) is 16.7. The summed E-state index contributed by atoms with van der Waals surface area (Å²) < 4.78 is 0. The van der Waals surface area contributed by atoms with Gasteiger partial charge in [-0.1, -0.05) is 11.5 Å². The van der Waals surface area contributed by atoms with Crippen molar-refractivity contribution in [1.82, 2.24) is 25.5 Å². The van der Waals surface area contributed by atoms with Gasteiger partial charge in [-0.3, -0.25) is 24.6 Å². The molecule has 3 amide bonds. The van der Waals surface area contributed by atoms with Crippen molar-refractivity contribution < 1.29 is 14.4 Å². The van der Waals surface area contributed by atoms with Crippen molar-refractivity contribution in [3.05, 3.63) is 0 Å². The number of nitrogens with two attached hydrogens (primary N) is 1. The van der Waals surface area contributed by atoms with E-state index in [9.17, 15) is 14.4 Å². The van der Waals surface area contributed by atoms with Gasteiger partial charge in [0.1, 0.15) is 11.4 Å². The van der Waals surface area contributed by atoms with E-state index in [2.05, 4.69) is 30.9 Å². The number of aromatic amines is 1. The van der Waals surface area contributed by atoms with Crippen molar-refractivity contribution >= 4 is 41.3 Å². The summed E-state index contributed by atoms with van der Waals surface area (Å²) >= 11 is 1.45. The lowest BCUT2D eigenvalue weighted by molar-refractivity contribution is -0.135. The number of thioether (sulfide) groups is 1. The van der Waals surface area contributed by atoms with Crippen LogP contribution in [0.15, 0.2) is 4.99 Å². The molecule has 1 aromatic heterocycles. The lowest BCUT2D eigenvalue weighted by atomic mass is 9.94. The number of carbonyl (C=O) groups excluding carboxylic acids is 3. The number of aliphatic imine (C=N–C) groups is 1. The molecule has 11 nitrogen and oxygen atoms in total. The van der Waals surface area contributed by atoms with Gasteiger partial charge in [0.25, 0.3) is 11.9 Å². The summed E-state index contributed by atoms with van der Waals surface area (Å²) in [7, 11) is 0. The molecule has 28 heavy (non-hydrogen) atoms. The molecule has 152 valence electrons. The molecule has 2 aliphatic rings. The molecular formula is C16H24N8O3S. The molecule has 2 heterocycles. The number of hydrogen-bond donors (Lipinski definition) is 3. The summed E-state index contributed by atoms with van der Waals surface area (Å²) in [4.78, 5) is 43.0. The van der Waals surface area contributed by atoms with Gasteiger partial charge in [0.05, 0.1) is 11.8 Å². The summed E-state index contributed by atoms with van der Waals surface area (Å²) in [6, 6.07) is 0. The topological polar surface area (TPSA) is 159 Å². The molecule has 0 aromatic carbocycles. The molecule has 1 saturated carbocycles. The molecule has 0 spiro atoms. The van der Waals surface area contributed by atoms with Gasteiger partial charge in [-0.05, 0) is 31.9 Å². The van der Waals surface area contributed by atoms with Crippen LogP contribution in [0.3, 0.4) is 0 Å². The van der Waals surface area contributed by atoms with Crippen LogP contribution >= 0.6 is 11.8 Å². The number of amides is 3. The maximum atomic E-state index is 12.8. The lowest BCUT2D eigenvalue weighted by Crippen LogP contribution is -2.51. The molecule has 3 rings (SSSR count). The number of anilines is 1. The molecule has 3 atom stereocenters. The second-order valence-corrected chi connectivity index (χ2v) is 8.40. The van der Waals surface area contributed by atoms with Crippen LogP contribution in [0.1, 0.15) is 33.1 Å². The summed E-state index contributed by atoms with van der Waals surface area (Å²) in [6.45, 7) is 3.71. The third-order valence-electron chi connectivity index (χ3n) is 5.03. The van der Waals surface area contributed by atoms with Crippen LogP contribution in [0.25, 0.3) is 0 Å². The van der Waals surface area contributed by atoms with Crippen molar-refractivity contribution in [2.75, 3.05) is 23.4 Å². The molecule has 12 heteroatoms. The molecule has 1 fully saturated rings. The first-order valence-electron chi connectivity index (χ1n) is 9.11. The maximum absolute atomic E-state index is 12.8. The monoisotopic (exact) mass is 408 g/mol. The highest BCUT2D eigenvalue weighted by Gasteiger charge is 2.42. The molecule has 2 unspecified atom stereocenters. The number of fused-ring (bicyclic) bond motifs is 1. The van der Waals surface area contributed by atoms with Gasteiger partial charge >= 0.3 is 0 Å². The first kappa shape index (κ1) is 20.4. The minimum absolute atomic E-state index is 0.0273. The number of H-pyrrole nitrogens is 1. The molecule has 4 N–H and O–H groups in total. The molecule has 1 aromatic rings. The Morgan fingerprint density at radius 3 is 2.86 bits per heavy atom. The van der Waals surface area contributed by atoms with E-state index in [0.29, 0.717) is 23.9 Å². The van der Waals surface area contributed by atoms with Gasteiger partial charge in [-0.25, -0.2) is 0 Å². The number of aromatic nitrogens is 4. The van der Waals surface area contributed by atoms with Crippen molar-refractivity contribution in [3.8, 4) is 0 Å². The predicted octanol–water partition coefficient (Wildman–Crippen LogP) is -0.208. The Morgan fingerprint density at radius 2 is 2.14 bits per heavy atom. The minimum atomic E-state index is -1.15. The van der Waals surface area contributed by atoms with Crippen molar-refractivity contribution in [3.63, 3.8) is 0 Å². The van der Waals surface area contributed by atoms with Gasteiger partial charge in [-0.2, -0.15) is 22.0 Å². The fourth-order valence-electron chi connectivity index (χ4n) is 3.45. The Balaban J connectivity index is 1.52. The van der Waals surface area contributed by atoms with Gasteiger partial charge in [0.2, 0.25) is 11.8 Å². The number of tetrazole rings is 1. The number of hydrogen-bond acceptors (Lipinski definition) is 8. The van der Waals surface area contributed by atoms with E-state index in [1.165, 1.54) is 11.8 Å². The third-order valence-corrected chi connectivity index (χ3v) is 6.30. The van der Waals surface area contributed by atoms with E-state index in [1.807, 2.05) is 0 Å². The van der Waals surface area contributed by atoms with Crippen molar-refractivity contribution in [2.45, 2.75) is 38.6 Å². The van der Waals surface area contributed by atoms with Gasteiger partial charge in [0.15, 0.2) is 0 Å². The van der Waals surface area contributed by atoms with Crippen LogP contribution in [0.2, 0.25) is 0 Å². The second kappa shape index (κ2) is 8.35.